The van der Waals surface area contributed by atoms with Gasteiger partial charge in [-0.3, -0.25) is 9.59 Å². The minimum Gasteiger partial charge on any atom is -0.496 e. The van der Waals surface area contributed by atoms with Gasteiger partial charge in [0, 0.05) is 19.2 Å². The van der Waals surface area contributed by atoms with Crippen molar-refractivity contribution in [3.05, 3.63) is 23.8 Å². The van der Waals surface area contributed by atoms with Gasteiger partial charge >= 0.3 is 5.97 Å². The second-order valence-corrected chi connectivity index (χ2v) is 4.55. The van der Waals surface area contributed by atoms with Crippen molar-refractivity contribution in [2.24, 2.45) is 5.92 Å². The second kappa shape index (κ2) is 6.22. The van der Waals surface area contributed by atoms with Gasteiger partial charge in [0.15, 0.2) is 0 Å². The van der Waals surface area contributed by atoms with E-state index >= 15 is 0 Å². The molecule has 104 valence electrons. The van der Waals surface area contributed by atoms with Crippen molar-refractivity contribution in [3.8, 4) is 5.75 Å². The molecule has 19 heavy (non-hydrogen) atoms. The van der Waals surface area contributed by atoms with E-state index in [1.807, 2.05) is 13.0 Å². The highest BCUT2D eigenvalue weighted by Crippen LogP contribution is 2.24. The first-order valence-corrected chi connectivity index (χ1v) is 6.00. The molecule has 0 radical (unpaired) electrons. The van der Waals surface area contributed by atoms with E-state index in [1.54, 1.807) is 26.3 Å². The highest BCUT2D eigenvalue weighted by molar-refractivity contribution is 5.94. The molecule has 0 heterocycles. The second-order valence-electron chi connectivity index (χ2n) is 4.55. The highest BCUT2D eigenvalue weighted by atomic mass is 16.5. The number of anilines is 1. The number of carboxylic acid groups (broad SMARTS) is 1. The summed E-state index contributed by atoms with van der Waals surface area (Å²) >= 11 is 0. The zero-order valence-electron chi connectivity index (χ0n) is 11.6. The topological polar surface area (TPSA) is 66.8 Å². The molecule has 1 N–H and O–H groups in total. The Morgan fingerprint density at radius 2 is 2.05 bits per heavy atom. The van der Waals surface area contributed by atoms with Gasteiger partial charge in [0.05, 0.1) is 13.0 Å². The van der Waals surface area contributed by atoms with Gasteiger partial charge in [0.25, 0.3) is 0 Å². The molecule has 1 rings (SSSR count). The molecule has 0 spiro atoms. The number of nitrogens with zero attached hydrogens (tertiary/aromatic N) is 1. The van der Waals surface area contributed by atoms with E-state index in [1.165, 1.54) is 11.8 Å². The first-order valence-electron chi connectivity index (χ1n) is 6.00. The van der Waals surface area contributed by atoms with E-state index in [9.17, 15) is 9.59 Å². The number of methoxy groups -OCH3 is 1. The lowest BCUT2D eigenvalue weighted by atomic mass is 10.1. The Balaban J connectivity index is 2.82. The number of aliphatic carboxylic acids is 1. The first kappa shape index (κ1) is 15.0. The van der Waals surface area contributed by atoms with Gasteiger partial charge in [0.1, 0.15) is 5.75 Å². The number of amides is 1. The molecule has 0 saturated heterocycles. The van der Waals surface area contributed by atoms with Crippen molar-refractivity contribution in [2.45, 2.75) is 20.3 Å². The fourth-order valence-electron chi connectivity index (χ4n) is 1.70. The molecule has 1 unspecified atom stereocenters. The Morgan fingerprint density at radius 3 is 2.53 bits per heavy atom. The monoisotopic (exact) mass is 265 g/mol. The minimum absolute atomic E-state index is 0.0170. The summed E-state index contributed by atoms with van der Waals surface area (Å²) < 4.78 is 5.16. The average molecular weight is 265 g/mol. The summed E-state index contributed by atoms with van der Waals surface area (Å²) in [6.07, 6.45) is -0.0170. The van der Waals surface area contributed by atoms with Gasteiger partial charge in [-0.1, -0.05) is 6.92 Å². The Morgan fingerprint density at radius 1 is 1.42 bits per heavy atom. The minimum atomic E-state index is -0.965. The van der Waals surface area contributed by atoms with Crippen molar-refractivity contribution in [3.63, 3.8) is 0 Å². The summed E-state index contributed by atoms with van der Waals surface area (Å²) in [5.41, 5.74) is 1.65. The molecule has 1 aromatic carbocycles. The number of ether oxygens (including phenoxy) is 1. The molecule has 0 aliphatic heterocycles. The molecular formula is C14H19NO4. The summed E-state index contributed by atoms with van der Waals surface area (Å²) in [5.74, 6) is -1.12. The van der Waals surface area contributed by atoms with Gasteiger partial charge in [-0.25, -0.2) is 0 Å². The summed E-state index contributed by atoms with van der Waals surface area (Å²) in [6.45, 7) is 3.41. The number of hydrogen-bond acceptors (Lipinski definition) is 3. The number of carbonyl (C=O) groups excluding carboxylic acids is 1. The van der Waals surface area contributed by atoms with Crippen molar-refractivity contribution in [2.75, 3.05) is 19.1 Å². The van der Waals surface area contributed by atoms with Gasteiger partial charge in [-0.05, 0) is 30.7 Å². The number of hydrogen-bond donors (Lipinski definition) is 1. The quantitative estimate of drug-likeness (QED) is 0.885. The lowest BCUT2D eigenvalue weighted by molar-refractivity contribution is -0.143. The van der Waals surface area contributed by atoms with Crippen molar-refractivity contribution in [1.82, 2.24) is 0 Å². The number of carbonyl (C=O) groups is 2. The lowest BCUT2D eigenvalue weighted by Crippen LogP contribution is -2.29. The molecule has 0 aliphatic carbocycles. The third-order valence-electron chi connectivity index (χ3n) is 3.04. The van der Waals surface area contributed by atoms with Crippen LogP contribution in [0, 0.1) is 12.8 Å². The van der Waals surface area contributed by atoms with Gasteiger partial charge < -0.3 is 14.7 Å². The number of aryl methyl sites for hydroxylation is 1. The zero-order valence-corrected chi connectivity index (χ0v) is 11.6. The molecule has 0 aromatic heterocycles. The molecule has 5 heteroatoms. The number of carboxylic acids is 1. The summed E-state index contributed by atoms with van der Waals surface area (Å²) in [4.78, 5) is 24.2. The smallest absolute Gasteiger partial charge is 0.306 e. The van der Waals surface area contributed by atoms with Gasteiger partial charge in [-0.15, -0.1) is 0 Å². The maximum atomic E-state index is 12.0. The van der Waals surface area contributed by atoms with E-state index in [-0.39, 0.29) is 12.3 Å². The molecule has 0 saturated carbocycles. The summed E-state index contributed by atoms with van der Waals surface area (Å²) in [7, 11) is 3.23. The molecule has 1 aromatic rings. The largest absolute Gasteiger partial charge is 0.496 e. The first-order chi connectivity index (χ1) is 8.86. The molecule has 0 bridgehead atoms. The Kier molecular flexibility index (Phi) is 4.92. The normalized spacial score (nSPS) is 11.8. The molecule has 5 nitrogen and oxygen atoms in total. The van der Waals surface area contributed by atoms with Crippen LogP contribution in [0.4, 0.5) is 5.69 Å². The molecule has 0 fully saturated rings. The van der Waals surface area contributed by atoms with E-state index in [0.29, 0.717) is 0 Å². The number of benzene rings is 1. The van der Waals surface area contributed by atoms with Crippen LogP contribution in [0.2, 0.25) is 0 Å². The van der Waals surface area contributed by atoms with Crippen LogP contribution in [0.5, 0.6) is 5.75 Å². The van der Waals surface area contributed by atoms with Crippen LogP contribution < -0.4 is 9.64 Å². The molecule has 1 atom stereocenters. The molecular weight excluding hydrogens is 246 g/mol. The van der Waals surface area contributed by atoms with Crippen LogP contribution in [0.25, 0.3) is 0 Å². The van der Waals surface area contributed by atoms with Crippen LogP contribution in [0.3, 0.4) is 0 Å². The van der Waals surface area contributed by atoms with Gasteiger partial charge in [-0.2, -0.15) is 0 Å². The third kappa shape index (κ3) is 3.71. The highest BCUT2D eigenvalue weighted by Gasteiger charge is 2.19. The average Bonchev–Trinajstić information content (AvgIpc) is 2.37. The number of rotatable bonds is 5. The Bertz CT molecular complexity index is 484. The Hall–Kier alpha value is -2.04. The maximum Gasteiger partial charge on any atom is 0.306 e. The van der Waals surface area contributed by atoms with Crippen molar-refractivity contribution >= 4 is 17.6 Å². The summed E-state index contributed by atoms with van der Waals surface area (Å²) in [6, 6.07) is 5.40. The fraction of sp³-hybridized carbons (Fsp3) is 0.429. The van der Waals surface area contributed by atoms with E-state index in [0.717, 1.165) is 17.0 Å². The van der Waals surface area contributed by atoms with Crippen LogP contribution in [-0.2, 0) is 9.59 Å². The van der Waals surface area contributed by atoms with E-state index in [2.05, 4.69) is 0 Å². The molecule has 1 amide bonds. The standard InChI is InChI=1S/C14H19NO4/c1-9-7-11(5-6-12(9)19-4)15(3)13(16)8-10(2)14(17)18/h5-7,10H,8H2,1-4H3,(H,17,18). The zero-order chi connectivity index (χ0) is 14.6. The van der Waals surface area contributed by atoms with Crippen LogP contribution in [0.15, 0.2) is 18.2 Å². The Labute approximate surface area is 112 Å². The van der Waals surface area contributed by atoms with Gasteiger partial charge in [0.2, 0.25) is 5.91 Å². The van der Waals surface area contributed by atoms with Crippen molar-refractivity contribution in [1.29, 1.82) is 0 Å². The van der Waals surface area contributed by atoms with Crippen LogP contribution >= 0.6 is 0 Å². The maximum absolute atomic E-state index is 12.0. The SMILES string of the molecule is COc1ccc(N(C)C(=O)CC(C)C(=O)O)cc1C. The predicted octanol–water partition coefficient (Wildman–Crippen LogP) is 2.08. The van der Waals surface area contributed by atoms with Crippen LogP contribution in [0.1, 0.15) is 18.9 Å². The fourth-order valence-corrected chi connectivity index (χ4v) is 1.70. The van der Waals surface area contributed by atoms with E-state index < -0.39 is 11.9 Å². The van der Waals surface area contributed by atoms with E-state index in [4.69, 9.17) is 9.84 Å². The van der Waals surface area contributed by atoms with Crippen molar-refractivity contribution < 1.29 is 19.4 Å². The molecule has 0 aliphatic rings. The summed E-state index contributed by atoms with van der Waals surface area (Å²) in [5, 5.41) is 8.81. The predicted molar refractivity (Wildman–Crippen MR) is 72.6 cm³/mol. The van der Waals surface area contributed by atoms with Crippen LogP contribution in [-0.4, -0.2) is 31.1 Å². The lowest BCUT2D eigenvalue weighted by Gasteiger charge is -2.19. The third-order valence-corrected chi connectivity index (χ3v) is 3.04.